The van der Waals surface area contributed by atoms with Crippen LogP contribution < -0.4 is 10.9 Å². The van der Waals surface area contributed by atoms with Gasteiger partial charge in [0.05, 0.1) is 18.7 Å². The van der Waals surface area contributed by atoms with E-state index in [1.807, 2.05) is 14.0 Å². The Kier molecular flexibility index (Phi) is 14.4. The molecule has 0 aromatic heterocycles. The first-order valence-corrected chi connectivity index (χ1v) is 16.9. The van der Waals surface area contributed by atoms with Crippen LogP contribution >= 0.6 is 0 Å². The van der Waals surface area contributed by atoms with Gasteiger partial charge in [0.15, 0.2) is 0 Å². The Bertz CT molecular complexity index is 1390. The molecular formula is C40H57N3O2. The van der Waals surface area contributed by atoms with Gasteiger partial charge in [-0.25, -0.2) is 5.43 Å². The summed E-state index contributed by atoms with van der Waals surface area (Å²) < 4.78 is 5.49. The molecule has 0 aliphatic carbocycles. The van der Waals surface area contributed by atoms with Crippen LogP contribution in [0.25, 0.3) is 5.57 Å². The van der Waals surface area contributed by atoms with Crippen molar-refractivity contribution in [3.8, 4) is 0 Å². The summed E-state index contributed by atoms with van der Waals surface area (Å²) in [5, 5.41) is 0. The Morgan fingerprint density at radius 3 is 2.38 bits per heavy atom. The van der Waals surface area contributed by atoms with Gasteiger partial charge in [-0.2, -0.15) is 0 Å². The number of benzene rings is 3. The zero-order valence-electron chi connectivity index (χ0n) is 29.2. The van der Waals surface area contributed by atoms with Crippen LogP contribution in [0.15, 0.2) is 61.2 Å². The van der Waals surface area contributed by atoms with E-state index in [4.69, 9.17) is 4.74 Å². The minimum absolute atomic E-state index is 0.105. The first kappa shape index (κ1) is 36.1. The fraction of sp³-hybridized carbons (Fsp3) is 0.475. The van der Waals surface area contributed by atoms with Crippen molar-refractivity contribution in [2.75, 3.05) is 32.7 Å². The normalized spacial score (nSPS) is 12.6. The third kappa shape index (κ3) is 10.0. The molecule has 0 aliphatic rings. The molecule has 0 saturated carbocycles. The molecule has 0 bridgehead atoms. The number of rotatable bonds is 18. The molecule has 2 atom stereocenters. The maximum Gasteiger partial charge on any atom is 0.306 e. The lowest BCUT2D eigenvalue weighted by atomic mass is 9.82. The topological polar surface area (TPSA) is 53.6 Å². The Morgan fingerprint density at radius 1 is 0.978 bits per heavy atom. The van der Waals surface area contributed by atoms with Gasteiger partial charge >= 0.3 is 5.97 Å². The van der Waals surface area contributed by atoms with E-state index in [1.165, 1.54) is 33.4 Å². The standard InChI is InChI=1S/C40H57N3O2/c1-10-16-33-24-34(25-38(42-41-8)40(33)29(6)11-2)37(26-39(44)45-12-3)32-21-20-30(7)35(23-32)27-43(9)22-15-18-31-17-13-14-19-36(31)28(4)5/h13-14,17,19-21,23-25,29,37,41-42H,4,10-12,15-16,18,22,26-27H2,1-3,5-9H3. The van der Waals surface area contributed by atoms with Crippen molar-refractivity contribution >= 4 is 17.2 Å². The highest BCUT2D eigenvalue weighted by atomic mass is 16.5. The van der Waals surface area contributed by atoms with Crippen molar-refractivity contribution in [2.45, 2.75) is 98.4 Å². The zero-order valence-corrected chi connectivity index (χ0v) is 29.2. The van der Waals surface area contributed by atoms with Crippen molar-refractivity contribution in [1.29, 1.82) is 0 Å². The molecule has 244 valence electrons. The summed E-state index contributed by atoms with van der Waals surface area (Å²) in [6.07, 6.45) is 5.54. The van der Waals surface area contributed by atoms with E-state index in [9.17, 15) is 4.79 Å². The van der Waals surface area contributed by atoms with Gasteiger partial charge in [0.1, 0.15) is 0 Å². The number of hydrogen-bond acceptors (Lipinski definition) is 5. The second-order valence-corrected chi connectivity index (χ2v) is 12.6. The number of carbonyl (C=O) groups is 1. The summed E-state index contributed by atoms with van der Waals surface area (Å²) in [6.45, 7) is 19.3. The summed E-state index contributed by atoms with van der Waals surface area (Å²) in [5.41, 5.74) is 19.0. The maximum atomic E-state index is 13.0. The van der Waals surface area contributed by atoms with Gasteiger partial charge in [-0.3, -0.25) is 4.79 Å². The summed E-state index contributed by atoms with van der Waals surface area (Å²) in [4.78, 5) is 15.4. The number of anilines is 1. The van der Waals surface area contributed by atoms with Crippen LogP contribution in [0.5, 0.6) is 0 Å². The van der Waals surface area contributed by atoms with Gasteiger partial charge in [-0.1, -0.05) is 87.9 Å². The van der Waals surface area contributed by atoms with Crippen LogP contribution in [-0.2, 0) is 28.9 Å². The first-order valence-electron chi connectivity index (χ1n) is 16.9. The molecule has 3 aromatic rings. The monoisotopic (exact) mass is 611 g/mol. The number of ether oxygens (including phenoxy) is 1. The molecule has 0 spiro atoms. The van der Waals surface area contributed by atoms with E-state index in [2.05, 4.69) is 119 Å². The first-order chi connectivity index (χ1) is 21.6. The van der Waals surface area contributed by atoms with Crippen LogP contribution in [0.1, 0.15) is 117 Å². The predicted molar refractivity (Wildman–Crippen MR) is 192 cm³/mol. The Hall–Kier alpha value is -3.41. The van der Waals surface area contributed by atoms with E-state index in [-0.39, 0.29) is 11.9 Å². The van der Waals surface area contributed by atoms with Gasteiger partial charge in [-0.15, -0.1) is 0 Å². The van der Waals surface area contributed by atoms with Crippen LogP contribution in [0, 0.1) is 6.92 Å². The van der Waals surface area contributed by atoms with Crippen LogP contribution in [-0.4, -0.2) is 38.1 Å². The van der Waals surface area contributed by atoms with Gasteiger partial charge in [0.2, 0.25) is 0 Å². The van der Waals surface area contributed by atoms with Crippen LogP contribution in [0.2, 0.25) is 0 Å². The van der Waals surface area contributed by atoms with E-state index < -0.39 is 0 Å². The van der Waals surface area contributed by atoms with Crippen molar-refractivity contribution in [3.63, 3.8) is 0 Å². The summed E-state index contributed by atoms with van der Waals surface area (Å²) >= 11 is 0. The summed E-state index contributed by atoms with van der Waals surface area (Å²) in [7, 11) is 4.11. The van der Waals surface area contributed by atoms with Crippen molar-refractivity contribution in [1.82, 2.24) is 10.3 Å². The molecular weight excluding hydrogens is 554 g/mol. The molecule has 0 heterocycles. The average molecular weight is 612 g/mol. The Morgan fingerprint density at radius 2 is 1.71 bits per heavy atom. The lowest BCUT2D eigenvalue weighted by Gasteiger charge is -2.26. The molecule has 45 heavy (non-hydrogen) atoms. The minimum Gasteiger partial charge on any atom is -0.466 e. The molecule has 2 N–H and O–H groups in total. The quantitative estimate of drug-likeness (QED) is 0.111. The fourth-order valence-electron chi connectivity index (χ4n) is 6.40. The number of hydrazine groups is 1. The number of hydrogen-bond donors (Lipinski definition) is 2. The zero-order chi connectivity index (χ0) is 32.9. The highest BCUT2D eigenvalue weighted by Crippen LogP contribution is 2.38. The number of nitrogens with zero attached hydrogens (tertiary/aromatic N) is 1. The number of nitrogens with one attached hydrogen (secondary N) is 2. The van der Waals surface area contributed by atoms with Gasteiger partial charge in [0.25, 0.3) is 0 Å². The Balaban J connectivity index is 1.93. The molecule has 0 saturated heterocycles. The van der Waals surface area contributed by atoms with Crippen molar-refractivity contribution in [3.05, 3.63) is 106 Å². The minimum atomic E-state index is -0.164. The van der Waals surface area contributed by atoms with Crippen LogP contribution in [0.4, 0.5) is 5.69 Å². The summed E-state index contributed by atoms with van der Waals surface area (Å²) in [6, 6.07) is 19.9. The highest BCUT2D eigenvalue weighted by molar-refractivity contribution is 5.72. The third-order valence-corrected chi connectivity index (χ3v) is 8.93. The Labute approximate surface area is 273 Å². The highest BCUT2D eigenvalue weighted by Gasteiger charge is 2.24. The number of aryl methyl sites for hydroxylation is 3. The number of carbonyl (C=O) groups excluding carboxylic acids is 1. The molecule has 5 nitrogen and oxygen atoms in total. The molecule has 5 heteroatoms. The van der Waals surface area contributed by atoms with E-state index >= 15 is 0 Å². The van der Waals surface area contributed by atoms with Crippen LogP contribution in [0.3, 0.4) is 0 Å². The number of allylic oxidation sites excluding steroid dienone is 1. The molecule has 3 aromatic carbocycles. The number of esters is 1. The van der Waals surface area contributed by atoms with Gasteiger partial charge in [-0.05, 0) is 117 Å². The molecule has 0 aliphatic heterocycles. The smallest absolute Gasteiger partial charge is 0.306 e. The molecule has 2 unspecified atom stereocenters. The molecule has 0 amide bonds. The molecule has 0 radical (unpaired) electrons. The van der Waals surface area contributed by atoms with E-state index in [0.29, 0.717) is 18.9 Å². The van der Waals surface area contributed by atoms with Crippen molar-refractivity contribution in [2.24, 2.45) is 0 Å². The van der Waals surface area contributed by atoms with Gasteiger partial charge in [0, 0.05) is 19.5 Å². The lowest BCUT2D eigenvalue weighted by molar-refractivity contribution is -0.143. The largest absolute Gasteiger partial charge is 0.466 e. The van der Waals surface area contributed by atoms with E-state index in [1.54, 1.807) is 0 Å². The van der Waals surface area contributed by atoms with E-state index in [0.717, 1.165) is 67.6 Å². The van der Waals surface area contributed by atoms with Gasteiger partial charge < -0.3 is 15.1 Å². The predicted octanol–water partition coefficient (Wildman–Crippen LogP) is 9.19. The lowest BCUT2D eigenvalue weighted by Crippen LogP contribution is -2.21. The average Bonchev–Trinajstić information content (AvgIpc) is 3.01. The second kappa shape index (κ2) is 17.9. The summed E-state index contributed by atoms with van der Waals surface area (Å²) in [5.74, 6) is 0.157. The maximum absolute atomic E-state index is 13.0. The third-order valence-electron chi connectivity index (χ3n) is 8.93. The van der Waals surface area contributed by atoms with Crippen molar-refractivity contribution < 1.29 is 9.53 Å². The fourth-order valence-corrected chi connectivity index (χ4v) is 6.40. The second-order valence-electron chi connectivity index (χ2n) is 12.6. The molecule has 3 rings (SSSR count). The molecule has 0 fully saturated rings. The SMILES string of the molecule is C=C(C)c1ccccc1CCCN(C)Cc1cc(C(CC(=O)OCC)c2cc(CCC)c(C(C)CC)c(NNC)c2)ccc1C.